The standard InChI is InChI=1S/C9H12O3.C8H10.3C5H14N.2C5H10O3/c1-2-11-9-6-4-3-5-8(9)7-12-10;1-2-8-6-4-3-5-7-8;3*1-5-6(2,3)4;1-2-7-4-3-5-8-6;1-2-8-4-3-5(6)7/h3-6,10H,2,7H2,1H3;3-7H,2H2,1H3;3*5H2,1-4H3;3-4,6H,2,5H2,1H3;2-4H2,1H3,(H,6,7)/q;;3*+1;;/p-3/b;;;;;4-3+;. The average molecular weight is 772 g/mol. The predicted octanol–water partition coefficient (Wildman–Crippen LogP) is 4.26. The van der Waals surface area contributed by atoms with Crippen LogP contribution in [0.25, 0.3) is 0 Å². The quantitative estimate of drug-likeness (QED) is 0.0808. The van der Waals surface area contributed by atoms with Gasteiger partial charge in [-0.2, -0.15) is 0 Å². The monoisotopic (exact) mass is 772 g/mol. The van der Waals surface area contributed by atoms with E-state index < -0.39 is 5.97 Å². The van der Waals surface area contributed by atoms with Crippen LogP contribution >= 0.6 is 0 Å². The molecule has 12 heteroatoms. The van der Waals surface area contributed by atoms with Crippen molar-refractivity contribution in [3.05, 3.63) is 78.1 Å². The van der Waals surface area contributed by atoms with Crippen molar-refractivity contribution >= 4 is 5.97 Å². The van der Waals surface area contributed by atoms with Gasteiger partial charge in [-0.05, 0) is 65.7 Å². The maximum Gasteiger partial charge on any atom is 0.124 e. The third-order valence-corrected chi connectivity index (χ3v) is 6.76. The van der Waals surface area contributed by atoms with Crippen molar-refractivity contribution in [2.45, 2.75) is 67.9 Å². The zero-order valence-corrected chi connectivity index (χ0v) is 37.1. The fraction of sp³-hybridized carbons (Fsp3) is 0.643. The Morgan fingerprint density at radius 3 is 1.44 bits per heavy atom. The number of benzene rings is 2. The molecule has 0 spiro atoms. The van der Waals surface area contributed by atoms with Gasteiger partial charge in [0.2, 0.25) is 0 Å². The van der Waals surface area contributed by atoms with Gasteiger partial charge in [0, 0.05) is 24.6 Å². The van der Waals surface area contributed by atoms with Crippen LogP contribution in [0.2, 0.25) is 0 Å². The van der Waals surface area contributed by atoms with E-state index in [4.69, 9.17) is 14.2 Å². The number of rotatable bonds is 16. The molecule has 0 aliphatic rings. The normalized spacial score (nSPS) is 10.4. The summed E-state index contributed by atoms with van der Waals surface area (Å²) in [5.74, 6) is -0.339. The molecule has 2 aromatic rings. The lowest BCUT2D eigenvalue weighted by atomic mass is 10.2. The molecular weight excluding hydrogens is 690 g/mol. The summed E-state index contributed by atoms with van der Waals surface area (Å²) in [6.45, 7) is 20.1. The number of carboxylic acids is 1. The van der Waals surface area contributed by atoms with E-state index in [1.807, 2.05) is 51.1 Å². The molecule has 0 amide bonds. The Kier molecular flexibility index (Phi) is 45.8. The van der Waals surface area contributed by atoms with Crippen LogP contribution in [0.4, 0.5) is 0 Å². The molecule has 0 aliphatic heterocycles. The maximum atomic E-state index is 9.90. The molecule has 0 N–H and O–H groups in total. The van der Waals surface area contributed by atoms with Crippen molar-refractivity contribution in [3.63, 3.8) is 0 Å². The van der Waals surface area contributed by atoms with Gasteiger partial charge in [0.05, 0.1) is 122 Å². The first-order valence-corrected chi connectivity index (χ1v) is 18.9. The van der Waals surface area contributed by atoms with E-state index in [1.165, 1.54) is 37.5 Å². The molecule has 2 rings (SSSR count). The highest BCUT2D eigenvalue weighted by Gasteiger charge is 2.00. The molecule has 54 heavy (non-hydrogen) atoms. The van der Waals surface area contributed by atoms with E-state index in [0.717, 1.165) is 31.2 Å². The van der Waals surface area contributed by atoms with Crippen LogP contribution in [0.3, 0.4) is 0 Å². The number of aliphatic carboxylic acids is 1. The molecular formula is C42H81N3O9. The third kappa shape index (κ3) is 61.0. The van der Waals surface area contributed by atoms with Crippen molar-refractivity contribution < 1.29 is 57.9 Å². The Balaban J connectivity index is -0.000000176. The molecule has 0 bridgehead atoms. The third-order valence-electron chi connectivity index (χ3n) is 6.76. The molecule has 0 fully saturated rings. The largest absolute Gasteiger partial charge is 0.723 e. The van der Waals surface area contributed by atoms with Gasteiger partial charge in [-0.15, -0.1) is 0 Å². The minimum atomic E-state index is -1.06. The first-order valence-electron chi connectivity index (χ1n) is 18.9. The highest BCUT2D eigenvalue weighted by atomic mass is 17.1. The van der Waals surface area contributed by atoms with Crippen molar-refractivity contribution in [2.75, 3.05) is 116 Å². The van der Waals surface area contributed by atoms with Gasteiger partial charge in [-0.25, -0.2) is 0 Å². The lowest BCUT2D eigenvalue weighted by Gasteiger charge is -2.20. The minimum absolute atomic E-state index is 0.00611. The summed E-state index contributed by atoms with van der Waals surface area (Å²) >= 11 is 0. The first-order chi connectivity index (χ1) is 25.2. The molecule has 0 radical (unpaired) electrons. The van der Waals surface area contributed by atoms with Gasteiger partial charge in [0.25, 0.3) is 0 Å². The first kappa shape index (κ1) is 60.2. The van der Waals surface area contributed by atoms with E-state index >= 15 is 0 Å². The number of carbonyl (C=O) groups is 1. The van der Waals surface area contributed by atoms with Gasteiger partial charge in [-0.1, -0.05) is 55.5 Å². The fourth-order valence-electron chi connectivity index (χ4n) is 2.24. The van der Waals surface area contributed by atoms with Crippen LogP contribution in [-0.2, 0) is 37.1 Å². The van der Waals surface area contributed by atoms with Crippen LogP contribution < -0.4 is 20.4 Å². The zero-order valence-electron chi connectivity index (χ0n) is 37.1. The molecule has 318 valence electrons. The Morgan fingerprint density at radius 1 is 0.648 bits per heavy atom. The molecule has 2 aromatic carbocycles. The highest BCUT2D eigenvalue weighted by Crippen LogP contribution is 2.17. The number of para-hydroxylation sites is 1. The van der Waals surface area contributed by atoms with Crippen LogP contribution in [0.5, 0.6) is 5.75 Å². The highest BCUT2D eigenvalue weighted by molar-refractivity contribution is 5.64. The summed E-state index contributed by atoms with van der Waals surface area (Å²) < 4.78 is 17.9. The summed E-state index contributed by atoms with van der Waals surface area (Å²) in [5, 5.41) is 28.9. The van der Waals surface area contributed by atoms with Crippen LogP contribution in [0.1, 0.15) is 66.0 Å². The summed E-state index contributed by atoms with van der Waals surface area (Å²) in [6.07, 6.45) is 4.09. The Bertz CT molecular complexity index is 1000. The second-order valence-corrected chi connectivity index (χ2v) is 14.4. The summed E-state index contributed by atoms with van der Waals surface area (Å²) in [7, 11) is 19.6. The van der Waals surface area contributed by atoms with Crippen LogP contribution in [0, 0.1) is 0 Å². The topological polar surface area (TPSA) is 132 Å². The lowest BCUT2D eigenvalue weighted by Crippen LogP contribution is -2.33. The van der Waals surface area contributed by atoms with Gasteiger partial charge < -0.3 is 57.9 Å². The molecule has 0 atom stereocenters. The second kappa shape index (κ2) is 41.1. The summed E-state index contributed by atoms with van der Waals surface area (Å²) in [5.41, 5.74) is 2.20. The smallest absolute Gasteiger partial charge is 0.124 e. The van der Waals surface area contributed by atoms with Gasteiger partial charge in [-0.3, -0.25) is 0 Å². The van der Waals surface area contributed by atoms with Crippen LogP contribution in [-0.4, -0.2) is 136 Å². The fourth-order valence-corrected chi connectivity index (χ4v) is 2.24. The molecule has 0 aromatic heterocycles. The van der Waals surface area contributed by atoms with E-state index in [-0.39, 0.29) is 26.2 Å². The Labute approximate surface area is 331 Å². The zero-order chi connectivity index (χ0) is 42.9. The minimum Gasteiger partial charge on any atom is -0.723 e. The predicted molar refractivity (Wildman–Crippen MR) is 217 cm³/mol. The number of carboxylic acid groups (broad SMARTS) is 1. The second-order valence-electron chi connectivity index (χ2n) is 14.4. The van der Waals surface area contributed by atoms with E-state index in [2.05, 4.69) is 125 Å². The van der Waals surface area contributed by atoms with E-state index in [0.29, 0.717) is 19.8 Å². The van der Waals surface area contributed by atoms with Crippen molar-refractivity contribution in [1.29, 1.82) is 0 Å². The lowest BCUT2D eigenvalue weighted by molar-refractivity contribution is -0.868. The van der Waals surface area contributed by atoms with E-state index in [9.17, 15) is 20.4 Å². The van der Waals surface area contributed by atoms with Crippen LogP contribution in [0.15, 0.2) is 66.9 Å². The van der Waals surface area contributed by atoms with E-state index in [1.54, 1.807) is 0 Å². The van der Waals surface area contributed by atoms with Gasteiger partial charge >= 0.3 is 0 Å². The molecule has 12 nitrogen and oxygen atoms in total. The number of nitrogens with zero attached hydrogens (tertiary/aromatic N) is 3. The van der Waals surface area contributed by atoms with Gasteiger partial charge in [0.15, 0.2) is 0 Å². The number of hydrogen-bond donors (Lipinski definition) is 0. The maximum absolute atomic E-state index is 9.90. The number of quaternary nitrogens is 3. The summed E-state index contributed by atoms with van der Waals surface area (Å²) in [6, 6.07) is 17.8. The molecule has 0 saturated carbocycles. The number of ether oxygens (including phenoxy) is 3. The number of hydrogen-bond acceptors (Lipinski definition) is 9. The Morgan fingerprint density at radius 2 is 1.11 bits per heavy atom. The number of aryl methyl sites for hydroxylation is 1. The summed E-state index contributed by atoms with van der Waals surface area (Å²) in [4.78, 5) is 16.9. The average Bonchev–Trinajstić information content (AvgIpc) is 3.12. The molecule has 0 aliphatic carbocycles. The van der Waals surface area contributed by atoms with Crippen molar-refractivity contribution in [1.82, 2.24) is 0 Å². The number of carbonyl (C=O) groups excluding carboxylic acids is 1. The SMILES string of the molecule is CCO/C=C/CO[O-].CCOCCC(=O)[O-].CCOc1ccccc1CO[O-].CC[N+](C)(C)C.CC[N+](C)(C)C.CC[N+](C)(C)C.CCc1ccccc1. The van der Waals surface area contributed by atoms with Crippen molar-refractivity contribution in [2.24, 2.45) is 0 Å². The molecule has 0 heterocycles. The molecule has 0 saturated heterocycles. The van der Waals surface area contributed by atoms with Gasteiger partial charge in [0.1, 0.15) is 5.75 Å². The Hall–Kier alpha value is -3.07. The van der Waals surface area contributed by atoms with Crippen molar-refractivity contribution in [3.8, 4) is 5.75 Å². The molecule has 0 unspecified atom stereocenters.